The lowest BCUT2D eigenvalue weighted by atomic mass is 10.2. The van der Waals surface area contributed by atoms with Gasteiger partial charge in [-0.15, -0.1) is 0 Å². The van der Waals surface area contributed by atoms with Crippen LogP contribution in [-0.2, 0) is 0 Å². The van der Waals surface area contributed by atoms with E-state index >= 15 is 0 Å². The molecular formula is C14H10Cl2N2. The first-order valence-electron chi connectivity index (χ1n) is 5.31. The van der Waals surface area contributed by atoms with Crippen molar-refractivity contribution >= 4 is 35.6 Å². The van der Waals surface area contributed by atoms with Gasteiger partial charge in [0.25, 0.3) is 0 Å². The maximum absolute atomic E-state index is 5.86. The molecule has 0 aromatic heterocycles. The van der Waals surface area contributed by atoms with Gasteiger partial charge in [-0.1, -0.05) is 47.5 Å². The molecule has 0 saturated heterocycles. The minimum absolute atomic E-state index is 0.678. The smallest absolute Gasteiger partial charge is 0.0568 e. The van der Waals surface area contributed by atoms with Crippen molar-refractivity contribution in [2.45, 2.75) is 0 Å². The molecule has 0 aliphatic carbocycles. The van der Waals surface area contributed by atoms with Crippen LogP contribution < -0.4 is 0 Å². The van der Waals surface area contributed by atoms with Crippen LogP contribution in [0.3, 0.4) is 0 Å². The third-order valence-electron chi connectivity index (χ3n) is 2.18. The summed E-state index contributed by atoms with van der Waals surface area (Å²) in [6.07, 6.45) is 3.29. The molecule has 2 aromatic rings. The highest BCUT2D eigenvalue weighted by Crippen LogP contribution is 2.10. The van der Waals surface area contributed by atoms with E-state index < -0.39 is 0 Å². The van der Waals surface area contributed by atoms with Crippen LogP contribution in [0.5, 0.6) is 0 Å². The Hall–Kier alpha value is -1.64. The Bertz CT molecular complexity index is 538. The van der Waals surface area contributed by atoms with E-state index in [1.54, 1.807) is 12.4 Å². The fourth-order valence-corrected chi connectivity index (χ4v) is 1.77. The first-order valence-corrected chi connectivity index (χ1v) is 6.07. The van der Waals surface area contributed by atoms with Gasteiger partial charge in [-0.2, -0.15) is 10.2 Å². The van der Waals surface area contributed by atoms with E-state index in [0.717, 1.165) is 11.1 Å². The monoisotopic (exact) mass is 276 g/mol. The van der Waals surface area contributed by atoms with E-state index in [0.29, 0.717) is 10.0 Å². The molecule has 0 N–H and O–H groups in total. The van der Waals surface area contributed by atoms with Crippen LogP contribution in [-0.4, -0.2) is 12.4 Å². The molecule has 2 aromatic carbocycles. The lowest BCUT2D eigenvalue weighted by Crippen LogP contribution is -1.81. The van der Waals surface area contributed by atoms with Crippen LogP contribution in [0.4, 0.5) is 0 Å². The van der Waals surface area contributed by atoms with Gasteiger partial charge in [-0.05, 0) is 35.4 Å². The van der Waals surface area contributed by atoms with Crippen LogP contribution in [0.25, 0.3) is 0 Å². The van der Waals surface area contributed by atoms with E-state index in [4.69, 9.17) is 23.2 Å². The molecule has 0 heterocycles. The molecule has 0 saturated carbocycles. The summed E-state index contributed by atoms with van der Waals surface area (Å²) in [5.41, 5.74) is 1.82. The Morgan fingerprint density at radius 2 is 1.17 bits per heavy atom. The van der Waals surface area contributed by atoms with Crippen LogP contribution >= 0.6 is 23.2 Å². The standard InChI is InChI=1S/C14H10Cl2N2/c15-13-5-1-3-11(7-13)9-17-18-10-12-4-2-6-14(16)8-12/h1-10H. The third-order valence-corrected chi connectivity index (χ3v) is 2.65. The van der Waals surface area contributed by atoms with Gasteiger partial charge < -0.3 is 0 Å². The maximum atomic E-state index is 5.86. The summed E-state index contributed by atoms with van der Waals surface area (Å²) >= 11 is 11.7. The van der Waals surface area contributed by atoms with Gasteiger partial charge in [-0.25, -0.2) is 0 Å². The first kappa shape index (κ1) is 12.8. The number of benzene rings is 2. The van der Waals surface area contributed by atoms with Gasteiger partial charge in [0.05, 0.1) is 12.4 Å². The Balaban J connectivity index is 2.03. The normalized spacial score (nSPS) is 11.4. The number of rotatable bonds is 3. The predicted molar refractivity (Wildman–Crippen MR) is 78.1 cm³/mol. The average Bonchev–Trinajstić information content (AvgIpc) is 2.35. The summed E-state index contributed by atoms with van der Waals surface area (Å²) in [7, 11) is 0. The zero-order chi connectivity index (χ0) is 12.8. The van der Waals surface area contributed by atoms with Crippen LogP contribution in [0.2, 0.25) is 10.0 Å². The average molecular weight is 277 g/mol. The van der Waals surface area contributed by atoms with Crippen molar-refractivity contribution in [3.8, 4) is 0 Å². The first-order chi connectivity index (χ1) is 8.74. The second kappa shape index (κ2) is 6.34. The predicted octanol–water partition coefficient (Wildman–Crippen LogP) is 4.45. The zero-order valence-corrected chi connectivity index (χ0v) is 10.9. The molecule has 0 radical (unpaired) electrons. The molecule has 90 valence electrons. The Kier molecular flexibility index (Phi) is 4.51. The summed E-state index contributed by atoms with van der Waals surface area (Å²) in [6, 6.07) is 14.8. The van der Waals surface area contributed by atoms with Crippen molar-refractivity contribution in [1.29, 1.82) is 0 Å². The summed E-state index contributed by atoms with van der Waals surface area (Å²) < 4.78 is 0. The van der Waals surface area contributed by atoms with Gasteiger partial charge in [0.1, 0.15) is 0 Å². The van der Waals surface area contributed by atoms with E-state index in [1.807, 2.05) is 48.5 Å². The van der Waals surface area contributed by atoms with Gasteiger partial charge in [-0.3, -0.25) is 0 Å². The second-order valence-corrected chi connectivity index (χ2v) is 4.47. The van der Waals surface area contributed by atoms with Crippen LogP contribution in [0.15, 0.2) is 58.7 Å². The molecule has 0 fully saturated rings. The Morgan fingerprint density at radius 1 is 0.722 bits per heavy atom. The molecule has 0 amide bonds. The fraction of sp³-hybridized carbons (Fsp3) is 0. The third kappa shape index (κ3) is 3.99. The number of nitrogens with zero attached hydrogens (tertiary/aromatic N) is 2. The minimum atomic E-state index is 0.678. The van der Waals surface area contributed by atoms with Crippen molar-refractivity contribution in [2.24, 2.45) is 10.2 Å². The maximum Gasteiger partial charge on any atom is 0.0568 e. The summed E-state index contributed by atoms with van der Waals surface area (Å²) in [4.78, 5) is 0. The Labute approximate surface area is 116 Å². The summed E-state index contributed by atoms with van der Waals surface area (Å²) in [6.45, 7) is 0. The Morgan fingerprint density at radius 3 is 1.56 bits per heavy atom. The fourth-order valence-electron chi connectivity index (χ4n) is 1.37. The summed E-state index contributed by atoms with van der Waals surface area (Å²) in [5, 5.41) is 9.26. The highest BCUT2D eigenvalue weighted by Gasteiger charge is 1.90. The SMILES string of the molecule is Clc1cccc(C=NN=Cc2cccc(Cl)c2)c1. The molecule has 0 unspecified atom stereocenters. The molecule has 0 aliphatic heterocycles. The van der Waals surface area contributed by atoms with Crippen molar-refractivity contribution in [3.63, 3.8) is 0 Å². The molecule has 0 bridgehead atoms. The molecule has 18 heavy (non-hydrogen) atoms. The largest absolute Gasteiger partial charge is 0.159 e. The lowest BCUT2D eigenvalue weighted by molar-refractivity contribution is 1.26. The van der Waals surface area contributed by atoms with Crippen molar-refractivity contribution < 1.29 is 0 Å². The van der Waals surface area contributed by atoms with Gasteiger partial charge in [0.2, 0.25) is 0 Å². The molecule has 2 rings (SSSR count). The quantitative estimate of drug-likeness (QED) is 0.585. The van der Waals surface area contributed by atoms with Crippen molar-refractivity contribution in [1.82, 2.24) is 0 Å². The molecule has 0 spiro atoms. The van der Waals surface area contributed by atoms with E-state index in [9.17, 15) is 0 Å². The van der Waals surface area contributed by atoms with Gasteiger partial charge in [0, 0.05) is 10.0 Å². The molecule has 4 heteroatoms. The molecule has 0 aliphatic rings. The van der Waals surface area contributed by atoms with Gasteiger partial charge in [0.15, 0.2) is 0 Å². The number of hydrogen-bond donors (Lipinski definition) is 0. The highest BCUT2D eigenvalue weighted by molar-refractivity contribution is 6.31. The van der Waals surface area contributed by atoms with E-state index in [-0.39, 0.29) is 0 Å². The molecule has 2 nitrogen and oxygen atoms in total. The lowest BCUT2D eigenvalue weighted by Gasteiger charge is -1.92. The zero-order valence-electron chi connectivity index (χ0n) is 9.42. The second-order valence-electron chi connectivity index (χ2n) is 3.60. The molecular weight excluding hydrogens is 267 g/mol. The van der Waals surface area contributed by atoms with E-state index in [2.05, 4.69) is 10.2 Å². The van der Waals surface area contributed by atoms with Crippen molar-refractivity contribution in [2.75, 3.05) is 0 Å². The van der Waals surface area contributed by atoms with Crippen LogP contribution in [0.1, 0.15) is 11.1 Å². The topological polar surface area (TPSA) is 24.7 Å². The van der Waals surface area contributed by atoms with Crippen LogP contribution in [0, 0.1) is 0 Å². The number of halogens is 2. The summed E-state index contributed by atoms with van der Waals surface area (Å²) in [5.74, 6) is 0. The van der Waals surface area contributed by atoms with Crippen molar-refractivity contribution in [3.05, 3.63) is 69.7 Å². The van der Waals surface area contributed by atoms with E-state index in [1.165, 1.54) is 0 Å². The number of hydrogen-bond acceptors (Lipinski definition) is 2. The highest BCUT2D eigenvalue weighted by atomic mass is 35.5. The molecule has 0 atom stereocenters. The van der Waals surface area contributed by atoms with Gasteiger partial charge >= 0.3 is 0 Å². The minimum Gasteiger partial charge on any atom is -0.159 e.